The summed E-state index contributed by atoms with van der Waals surface area (Å²) in [5, 5.41) is 8.01. The monoisotopic (exact) mass is 575 g/mol. The fraction of sp³-hybridized carbons (Fsp3) is 0.407. The number of rotatable bonds is 9. The maximum atomic E-state index is 13.4. The van der Waals surface area contributed by atoms with Crippen molar-refractivity contribution in [2.75, 3.05) is 25.6 Å². The summed E-state index contributed by atoms with van der Waals surface area (Å²) < 4.78 is 98.0. The molecule has 2 amide bonds. The number of halogens is 7. The fourth-order valence-corrected chi connectivity index (χ4v) is 4.39. The Balaban J connectivity index is 1.86. The van der Waals surface area contributed by atoms with Crippen LogP contribution in [-0.4, -0.2) is 43.7 Å². The molecule has 13 heteroatoms. The Bertz CT molecular complexity index is 1170. The van der Waals surface area contributed by atoms with Gasteiger partial charge in [-0.3, -0.25) is 9.59 Å². The second kappa shape index (κ2) is 12.8. The number of ether oxygens (including phenoxy) is 1. The van der Waals surface area contributed by atoms with E-state index in [2.05, 4.69) is 16.0 Å². The fourth-order valence-electron chi connectivity index (χ4n) is 4.39. The smallest absolute Gasteiger partial charge is 0.383 e. The molecule has 3 N–H and O–H groups in total. The minimum atomic E-state index is -5.09. The molecule has 0 bridgehead atoms. The Morgan fingerprint density at radius 3 is 2.08 bits per heavy atom. The van der Waals surface area contributed by atoms with E-state index >= 15 is 0 Å². The van der Waals surface area contributed by atoms with Crippen LogP contribution in [0.1, 0.15) is 42.4 Å². The standard InChI is InChI=1S/C27H28F7N3O3/c1-40-13-12-35-21-8-10-25(11-9-21,37-23(38)7-4-17-2-5-20(28)6-3-17)24(39)36-22-15-18(26(29,30)31)14-19(16-22)27(32,33)34/h2-7,14-16,21,35H,8-13H2,1H3,(H,36,39)(H,37,38). The maximum Gasteiger partial charge on any atom is 0.416 e. The SMILES string of the molecule is COCCNC1CCC(NC(=O)C=Cc2ccc(F)cc2)(C(=O)Nc2cc(C(F)(F)F)cc(C(F)(F)F)c2)CC1. The van der Waals surface area contributed by atoms with Crippen molar-refractivity contribution in [3.05, 3.63) is 71.0 Å². The van der Waals surface area contributed by atoms with Crippen LogP contribution in [0.15, 0.2) is 48.5 Å². The van der Waals surface area contributed by atoms with E-state index in [1.165, 1.54) is 37.5 Å². The van der Waals surface area contributed by atoms with Crippen LogP contribution in [0.2, 0.25) is 0 Å². The number of carbonyl (C=O) groups excluding carboxylic acids is 2. The normalized spacial score (nSPS) is 19.9. The van der Waals surface area contributed by atoms with Gasteiger partial charge in [0, 0.05) is 31.5 Å². The summed E-state index contributed by atoms with van der Waals surface area (Å²) >= 11 is 0. The van der Waals surface area contributed by atoms with Gasteiger partial charge in [0.05, 0.1) is 17.7 Å². The first-order valence-electron chi connectivity index (χ1n) is 12.3. The Morgan fingerprint density at radius 1 is 0.975 bits per heavy atom. The van der Waals surface area contributed by atoms with E-state index < -0.39 is 52.3 Å². The van der Waals surface area contributed by atoms with Crippen LogP contribution in [0.4, 0.5) is 36.4 Å². The number of amides is 2. The molecule has 1 fully saturated rings. The lowest BCUT2D eigenvalue weighted by Gasteiger charge is -2.39. The highest BCUT2D eigenvalue weighted by atomic mass is 19.4. The average Bonchev–Trinajstić information content (AvgIpc) is 2.88. The largest absolute Gasteiger partial charge is 0.416 e. The third-order valence-corrected chi connectivity index (χ3v) is 6.52. The van der Waals surface area contributed by atoms with E-state index in [0.29, 0.717) is 43.7 Å². The number of hydrogen-bond acceptors (Lipinski definition) is 4. The van der Waals surface area contributed by atoms with E-state index in [1.807, 2.05) is 0 Å². The van der Waals surface area contributed by atoms with Crippen LogP contribution in [0.3, 0.4) is 0 Å². The molecule has 2 aromatic carbocycles. The molecule has 6 nitrogen and oxygen atoms in total. The van der Waals surface area contributed by atoms with E-state index in [9.17, 15) is 40.3 Å². The number of methoxy groups -OCH3 is 1. The minimum Gasteiger partial charge on any atom is -0.383 e. The number of hydrogen-bond donors (Lipinski definition) is 3. The topological polar surface area (TPSA) is 79.5 Å². The number of alkyl halides is 6. The van der Waals surface area contributed by atoms with Crippen molar-refractivity contribution in [3.63, 3.8) is 0 Å². The van der Waals surface area contributed by atoms with Gasteiger partial charge in [-0.2, -0.15) is 26.3 Å². The highest BCUT2D eigenvalue weighted by Gasteiger charge is 2.43. The van der Waals surface area contributed by atoms with E-state index in [-0.39, 0.29) is 24.9 Å². The first kappa shape index (κ1) is 31.1. The number of benzene rings is 2. The summed E-state index contributed by atoms with van der Waals surface area (Å²) in [4.78, 5) is 26.2. The Labute approximate surface area is 226 Å². The van der Waals surface area contributed by atoms with E-state index in [4.69, 9.17) is 4.74 Å². The summed E-state index contributed by atoms with van der Waals surface area (Å²) in [6.45, 7) is 0.960. The van der Waals surface area contributed by atoms with Crippen molar-refractivity contribution in [1.82, 2.24) is 10.6 Å². The number of anilines is 1. The van der Waals surface area contributed by atoms with Crippen molar-refractivity contribution in [2.45, 2.75) is 49.6 Å². The van der Waals surface area contributed by atoms with Crippen molar-refractivity contribution in [2.24, 2.45) is 0 Å². The van der Waals surface area contributed by atoms with E-state index in [1.54, 1.807) is 0 Å². The first-order chi connectivity index (χ1) is 18.7. The molecule has 3 rings (SSSR count). The van der Waals surface area contributed by atoms with Gasteiger partial charge >= 0.3 is 12.4 Å². The molecule has 1 aliphatic rings. The summed E-state index contributed by atoms with van der Waals surface area (Å²) in [6, 6.07) is 5.96. The van der Waals surface area contributed by atoms with Crippen molar-refractivity contribution in [1.29, 1.82) is 0 Å². The maximum absolute atomic E-state index is 13.4. The summed E-state index contributed by atoms with van der Waals surface area (Å²) in [7, 11) is 1.53. The summed E-state index contributed by atoms with van der Waals surface area (Å²) in [6.07, 6.45) is -6.81. The molecule has 0 aromatic heterocycles. The highest BCUT2D eigenvalue weighted by Crippen LogP contribution is 2.38. The molecular weight excluding hydrogens is 547 g/mol. The lowest BCUT2D eigenvalue weighted by Crippen LogP contribution is -2.59. The predicted molar refractivity (Wildman–Crippen MR) is 134 cm³/mol. The molecule has 40 heavy (non-hydrogen) atoms. The Kier molecular flexibility index (Phi) is 9.96. The van der Waals surface area contributed by atoms with Crippen molar-refractivity contribution >= 4 is 23.6 Å². The van der Waals surface area contributed by atoms with Gasteiger partial charge in [-0.1, -0.05) is 12.1 Å². The molecule has 0 saturated heterocycles. The molecule has 2 aromatic rings. The van der Waals surface area contributed by atoms with Crippen molar-refractivity contribution in [3.8, 4) is 0 Å². The third kappa shape index (κ3) is 8.52. The van der Waals surface area contributed by atoms with Gasteiger partial charge in [0.15, 0.2) is 0 Å². The lowest BCUT2D eigenvalue weighted by atomic mass is 9.78. The van der Waals surface area contributed by atoms with Crippen LogP contribution in [0.25, 0.3) is 6.08 Å². The van der Waals surface area contributed by atoms with Crippen LogP contribution >= 0.6 is 0 Å². The van der Waals surface area contributed by atoms with Crippen LogP contribution < -0.4 is 16.0 Å². The third-order valence-electron chi connectivity index (χ3n) is 6.52. The van der Waals surface area contributed by atoms with Gasteiger partial charge in [0.25, 0.3) is 0 Å². The Hall–Kier alpha value is -3.45. The molecule has 1 saturated carbocycles. The highest BCUT2D eigenvalue weighted by molar-refractivity contribution is 6.03. The molecule has 0 atom stereocenters. The number of nitrogens with one attached hydrogen (secondary N) is 3. The van der Waals surface area contributed by atoms with Crippen LogP contribution in [0, 0.1) is 5.82 Å². The van der Waals surface area contributed by atoms with Crippen molar-refractivity contribution < 1.29 is 45.1 Å². The molecule has 0 aliphatic heterocycles. The molecule has 218 valence electrons. The van der Waals surface area contributed by atoms with Gasteiger partial charge in [0.1, 0.15) is 11.4 Å². The molecule has 0 unspecified atom stereocenters. The molecule has 1 aliphatic carbocycles. The first-order valence-corrected chi connectivity index (χ1v) is 12.3. The van der Waals surface area contributed by atoms with Gasteiger partial charge in [-0.25, -0.2) is 4.39 Å². The quantitative estimate of drug-likeness (QED) is 0.208. The predicted octanol–water partition coefficient (Wildman–Crippen LogP) is 5.55. The van der Waals surface area contributed by atoms with Gasteiger partial charge in [-0.05, 0) is 67.7 Å². The molecular formula is C27H28F7N3O3. The zero-order chi connectivity index (χ0) is 29.6. The van der Waals surface area contributed by atoms with Gasteiger partial charge < -0.3 is 20.7 Å². The zero-order valence-corrected chi connectivity index (χ0v) is 21.4. The minimum absolute atomic E-state index is 0.0374. The molecule has 0 heterocycles. The molecule has 0 spiro atoms. The summed E-state index contributed by atoms with van der Waals surface area (Å²) in [5.74, 6) is -2.14. The Morgan fingerprint density at radius 2 is 1.55 bits per heavy atom. The second-order valence-electron chi connectivity index (χ2n) is 9.43. The second-order valence-corrected chi connectivity index (χ2v) is 9.43. The van der Waals surface area contributed by atoms with Gasteiger partial charge in [0.2, 0.25) is 11.8 Å². The van der Waals surface area contributed by atoms with E-state index in [0.717, 1.165) is 6.08 Å². The van der Waals surface area contributed by atoms with Gasteiger partial charge in [-0.15, -0.1) is 0 Å². The zero-order valence-electron chi connectivity index (χ0n) is 21.4. The number of carbonyl (C=O) groups is 2. The molecule has 0 radical (unpaired) electrons. The average molecular weight is 576 g/mol. The van der Waals surface area contributed by atoms with Crippen LogP contribution in [0.5, 0.6) is 0 Å². The lowest BCUT2D eigenvalue weighted by molar-refractivity contribution is -0.143. The summed E-state index contributed by atoms with van der Waals surface area (Å²) in [5.41, 5.74) is -4.99. The van der Waals surface area contributed by atoms with Crippen LogP contribution in [-0.2, 0) is 26.7 Å².